The Morgan fingerprint density at radius 1 is 1.50 bits per heavy atom. The predicted octanol–water partition coefficient (Wildman–Crippen LogP) is 4.36. The van der Waals surface area contributed by atoms with Gasteiger partial charge < -0.3 is 4.74 Å². The molecular weight excluding hydrogens is 264 g/mol. The van der Waals surface area contributed by atoms with Gasteiger partial charge in [-0.05, 0) is 36.1 Å². The molecule has 1 nitrogen and oxygen atoms in total. The van der Waals surface area contributed by atoms with E-state index in [9.17, 15) is 0 Å². The Hall–Kier alpha value is -0.940. The van der Waals surface area contributed by atoms with E-state index in [4.69, 9.17) is 11.2 Å². The van der Waals surface area contributed by atoms with Crippen molar-refractivity contribution in [1.29, 1.82) is 0 Å². The minimum absolute atomic E-state index is 0.328. The minimum atomic E-state index is 0.328. The summed E-state index contributed by atoms with van der Waals surface area (Å²) >= 11 is 3.48. The van der Waals surface area contributed by atoms with Crippen LogP contribution in [0.2, 0.25) is 0 Å². The quantitative estimate of drug-likeness (QED) is 0.728. The van der Waals surface area contributed by atoms with E-state index < -0.39 is 0 Å². The van der Waals surface area contributed by atoms with Gasteiger partial charge in [-0.1, -0.05) is 29.8 Å². The van der Waals surface area contributed by atoms with Gasteiger partial charge in [0.05, 0.1) is 6.61 Å². The fraction of sp³-hybridized carbons (Fsp3) is 0.429. The normalized spacial score (nSPS) is 11.9. The monoisotopic (exact) mass is 280 g/mol. The zero-order valence-corrected chi connectivity index (χ0v) is 11.4. The molecular formula is C14H17BrO. The van der Waals surface area contributed by atoms with Crippen molar-refractivity contribution in [3.05, 3.63) is 28.2 Å². The van der Waals surface area contributed by atoms with Gasteiger partial charge in [0.2, 0.25) is 0 Å². The molecule has 0 heterocycles. The third-order valence-corrected chi connectivity index (χ3v) is 2.88. The van der Waals surface area contributed by atoms with Crippen molar-refractivity contribution in [3.8, 4) is 18.1 Å². The molecule has 0 aromatic heterocycles. The highest BCUT2D eigenvalue weighted by atomic mass is 79.9. The van der Waals surface area contributed by atoms with Crippen molar-refractivity contribution in [2.45, 2.75) is 32.6 Å². The van der Waals surface area contributed by atoms with Gasteiger partial charge >= 0.3 is 0 Å². The number of terminal acetylenes is 1. The standard InChI is InChI=1S/C14H17BrO/c1-4-6-11(3)13-10-12(15)7-8-14(13)16-9-5-2/h1,7-8,10-11H,5-6,9H2,2-3H3. The zero-order valence-electron chi connectivity index (χ0n) is 9.79. The van der Waals surface area contributed by atoms with E-state index in [0.717, 1.165) is 29.7 Å². The van der Waals surface area contributed by atoms with Crippen LogP contribution < -0.4 is 4.74 Å². The molecule has 0 aliphatic carbocycles. The molecule has 1 unspecified atom stereocenters. The average Bonchev–Trinajstić information content (AvgIpc) is 2.27. The summed E-state index contributed by atoms with van der Waals surface area (Å²) in [6.45, 7) is 4.97. The summed E-state index contributed by atoms with van der Waals surface area (Å²) in [7, 11) is 0. The molecule has 86 valence electrons. The van der Waals surface area contributed by atoms with E-state index in [1.807, 2.05) is 12.1 Å². The van der Waals surface area contributed by atoms with E-state index in [0.29, 0.717) is 5.92 Å². The van der Waals surface area contributed by atoms with Crippen molar-refractivity contribution >= 4 is 15.9 Å². The molecule has 1 aromatic carbocycles. The summed E-state index contributed by atoms with van der Waals surface area (Å²) in [6, 6.07) is 6.09. The van der Waals surface area contributed by atoms with Gasteiger partial charge in [0.25, 0.3) is 0 Å². The number of hydrogen-bond acceptors (Lipinski definition) is 1. The molecule has 1 rings (SSSR count). The number of rotatable bonds is 5. The molecule has 0 saturated heterocycles. The van der Waals surface area contributed by atoms with Gasteiger partial charge in [-0.2, -0.15) is 0 Å². The summed E-state index contributed by atoms with van der Waals surface area (Å²) in [5.74, 6) is 3.98. The van der Waals surface area contributed by atoms with Crippen molar-refractivity contribution in [1.82, 2.24) is 0 Å². The molecule has 0 radical (unpaired) electrons. The Bertz CT molecular complexity index is 379. The van der Waals surface area contributed by atoms with E-state index in [1.165, 1.54) is 5.56 Å². The summed E-state index contributed by atoms with van der Waals surface area (Å²) in [5, 5.41) is 0. The van der Waals surface area contributed by atoms with Gasteiger partial charge in [-0.25, -0.2) is 0 Å². The van der Waals surface area contributed by atoms with E-state index in [1.54, 1.807) is 0 Å². The van der Waals surface area contributed by atoms with Crippen molar-refractivity contribution in [3.63, 3.8) is 0 Å². The van der Waals surface area contributed by atoms with E-state index in [2.05, 4.69) is 41.8 Å². The molecule has 0 saturated carbocycles. The van der Waals surface area contributed by atoms with Crippen molar-refractivity contribution in [2.75, 3.05) is 6.61 Å². The lowest BCUT2D eigenvalue weighted by molar-refractivity contribution is 0.312. The lowest BCUT2D eigenvalue weighted by Crippen LogP contribution is -2.01. The SMILES string of the molecule is C#CCC(C)c1cc(Br)ccc1OCCC. The van der Waals surface area contributed by atoms with Gasteiger partial charge in [-0.3, -0.25) is 0 Å². The molecule has 0 N–H and O–H groups in total. The first-order chi connectivity index (χ1) is 7.69. The molecule has 1 aromatic rings. The molecule has 0 bridgehead atoms. The summed E-state index contributed by atoms with van der Waals surface area (Å²) in [5.41, 5.74) is 1.18. The average molecular weight is 281 g/mol. The fourth-order valence-electron chi connectivity index (χ4n) is 1.53. The highest BCUT2D eigenvalue weighted by molar-refractivity contribution is 9.10. The van der Waals surface area contributed by atoms with Crippen LogP contribution in [0.4, 0.5) is 0 Å². The lowest BCUT2D eigenvalue weighted by Gasteiger charge is -2.15. The minimum Gasteiger partial charge on any atom is -0.493 e. The second kappa shape index (κ2) is 6.60. The molecule has 2 heteroatoms. The molecule has 0 aliphatic rings. The number of hydrogen-bond donors (Lipinski definition) is 0. The Morgan fingerprint density at radius 3 is 2.88 bits per heavy atom. The molecule has 16 heavy (non-hydrogen) atoms. The molecule has 0 fully saturated rings. The molecule has 0 amide bonds. The van der Waals surface area contributed by atoms with Gasteiger partial charge in [0.1, 0.15) is 5.75 Å². The van der Waals surface area contributed by atoms with Crippen LogP contribution in [0.5, 0.6) is 5.75 Å². The number of ether oxygens (including phenoxy) is 1. The molecule has 0 aliphatic heterocycles. The van der Waals surface area contributed by atoms with Crippen LogP contribution in [0.3, 0.4) is 0 Å². The zero-order chi connectivity index (χ0) is 12.0. The van der Waals surface area contributed by atoms with Gasteiger partial charge in [0.15, 0.2) is 0 Å². The van der Waals surface area contributed by atoms with E-state index >= 15 is 0 Å². The topological polar surface area (TPSA) is 9.23 Å². The van der Waals surface area contributed by atoms with Crippen LogP contribution in [-0.2, 0) is 0 Å². The van der Waals surface area contributed by atoms with E-state index in [-0.39, 0.29) is 0 Å². The number of benzene rings is 1. The first-order valence-electron chi connectivity index (χ1n) is 5.54. The Morgan fingerprint density at radius 2 is 2.25 bits per heavy atom. The second-order valence-corrected chi connectivity index (χ2v) is 4.76. The Kier molecular flexibility index (Phi) is 5.42. The van der Waals surface area contributed by atoms with Crippen LogP contribution in [0.15, 0.2) is 22.7 Å². The molecule has 0 spiro atoms. The largest absolute Gasteiger partial charge is 0.493 e. The maximum Gasteiger partial charge on any atom is 0.122 e. The third kappa shape index (κ3) is 3.57. The fourth-order valence-corrected chi connectivity index (χ4v) is 1.91. The summed E-state index contributed by atoms with van der Waals surface area (Å²) < 4.78 is 6.78. The van der Waals surface area contributed by atoms with Crippen LogP contribution in [-0.4, -0.2) is 6.61 Å². The smallest absolute Gasteiger partial charge is 0.122 e. The van der Waals surface area contributed by atoms with Crippen LogP contribution in [0, 0.1) is 12.3 Å². The maximum absolute atomic E-state index is 5.72. The highest BCUT2D eigenvalue weighted by Gasteiger charge is 2.11. The van der Waals surface area contributed by atoms with Gasteiger partial charge in [-0.15, -0.1) is 12.3 Å². The highest BCUT2D eigenvalue weighted by Crippen LogP contribution is 2.31. The maximum atomic E-state index is 5.72. The van der Waals surface area contributed by atoms with Crippen molar-refractivity contribution in [2.24, 2.45) is 0 Å². The van der Waals surface area contributed by atoms with Crippen LogP contribution in [0.25, 0.3) is 0 Å². The van der Waals surface area contributed by atoms with Gasteiger partial charge in [0, 0.05) is 10.9 Å². The summed E-state index contributed by atoms with van der Waals surface area (Å²) in [4.78, 5) is 0. The molecule has 1 atom stereocenters. The summed E-state index contributed by atoms with van der Waals surface area (Å²) in [6.07, 6.45) is 7.10. The predicted molar refractivity (Wildman–Crippen MR) is 71.8 cm³/mol. The number of halogens is 1. The third-order valence-electron chi connectivity index (χ3n) is 2.39. The lowest BCUT2D eigenvalue weighted by atomic mass is 9.97. The Labute approximate surface area is 106 Å². The Balaban J connectivity index is 2.94. The van der Waals surface area contributed by atoms with Crippen LogP contribution >= 0.6 is 15.9 Å². The first-order valence-corrected chi connectivity index (χ1v) is 6.34. The van der Waals surface area contributed by atoms with Crippen LogP contribution in [0.1, 0.15) is 38.2 Å². The van der Waals surface area contributed by atoms with Crippen molar-refractivity contribution < 1.29 is 4.74 Å². The first kappa shape index (κ1) is 13.1. The second-order valence-electron chi connectivity index (χ2n) is 3.84.